The van der Waals surface area contributed by atoms with E-state index in [9.17, 15) is 28.0 Å². The number of benzene rings is 2. The number of nitrogens with one attached hydrogen (secondary N) is 2. The number of hydrogen-bond donors (Lipinski definition) is 2. The van der Waals surface area contributed by atoms with Crippen molar-refractivity contribution in [2.24, 2.45) is 0 Å². The number of carbonyl (C=O) groups is 2. The average Bonchev–Trinajstić information content (AvgIpc) is 2.99. The Morgan fingerprint density at radius 1 is 1.00 bits per heavy atom. The summed E-state index contributed by atoms with van der Waals surface area (Å²) in [4.78, 5) is 29.5. The molecule has 0 saturated carbocycles. The number of rotatable bonds is 3. The molecule has 0 aromatic heterocycles. The van der Waals surface area contributed by atoms with Gasteiger partial charge < -0.3 is 15.1 Å². The van der Waals surface area contributed by atoms with Crippen LogP contribution in [0.5, 0.6) is 0 Å². The molecule has 2 aliphatic rings. The predicted molar refractivity (Wildman–Crippen MR) is 163 cm³/mol. The van der Waals surface area contributed by atoms with Gasteiger partial charge in [-0.1, -0.05) is 18.3 Å². The monoisotopic (exact) mass is 623 g/mol. The van der Waals surface area contributed by atoms with Crippen LogP contribution in [0.3, 0.4) is 0 Å². The molecule has 4 rings (SSSR count). The van der Waals surface area contributed by atoms with Crippen molar-refractivity contribution in [2.75, 3.05) is 43.2 Å². The van der Waals surface area contributed by atoms with Crippen LogP contribution in [0.4, 0.5) is 34.1 Å². The molecular weight excluding hydrogens is 587 g/mol. The Balaban J connectivity index is 1.68. The summed E-state index contributed by atoms with van der Waals surface area (Å²) >= 11 is 0. The molecule has 238 valence electrons. The number of anilines is 2. The molecule has 0 spiro atoms. The molecule has 2 aromatic rings. The van der Waals surface area contributed by atoms with Crippen LogP contribution in [-0.2, 0) is 4.74 Å². The fourth-order valence-electron chi connectivity index (χ4n) is 4.85. The third kappa shape index (κ3) is 8.69. The number of hydrogen-bond acceptors (Lipinski definition) is 8. The molecule has 2 aromatic carbocycles. The van der Waals surface area contributed by atoms with Gasteiger partial charge in [-0.25, -0.2) is 33.1 Å². The van der Waals surface area contributed by atoms with Gasteiger partial charge in [0.1, 0.15) is 12.1 Å². The lowest BCUT2D eigenvalue weighted by atomic mass is 10.1. The highest BCUT2D eigenvalue weighted by molar-refractivity contribution is 5.90. The number of ether oxygens (including phenoxy) is 1. The van der Waals surface area contributed by atoms with Gasteiger partial charge in [0.05, 0.1) is 29.7 Å². The zero-order valence-electron chi connectivity index (χ0n) is 25.7. The molecule has 0 fully saturated rings. The number of fused-ring (bicyclic) bond motifs is 2. The van der Waals surface area contributed by atoms with Crippen LogP contribution in [0, 0.1) is 40.6 Å². The van der Waals surface area contributed by atoms with E-state index in [1.165, 1.54) is 16.2 Å². The third-order valence-corrected chi connectivity index (χ3v) is 7.09. The molecule has 13 heteroatoms. The molecule has 10 nitrogen and oxygen atoms in total. The molecule has 1 unspecified atom stereocenters. The van der Waals surface area contributed by atoms with E-state index in [0.717, 1.165) is 12.5 Å². The molecule has 2 bridgehead atoms. The van der Waals surface area contributed by atoms with Crippen LogP contribution >= 0.6 is 0 Å². The minimum atomic E-state index is -1.54. The normalized spacial score (nSPS) is 18.0. The van der Waals surface area contributed by atoms with Crippen LogP contribution in [0.2, 0.25) is 0 Å². The lowest BCUT2D eigenvalue weighted by Gasteiger charge is -2.38. The second-order valence-corrected chi connectivity index (χ2v) is 11.7. The van der Waals surface area contributed by atoms with Crippen LogP contribution < -0.4 is 15.6 Å². The summed E-state index contributed by atoms with van der Waals surface area (Å²) < 4.78 is 48.0. The quantitative estimate of drug-likeness (QED) is 0.331. The molecule has 1 atom stereocenters. The number of imide groups is 1. The van der Waals surface area contributed by atoms with Gasteiger partial charge in [-0.05, 0) is 76.9 Å². The number of nitriles is 1. The van der Waals surface area contributed by atoms with Gasteiger partial charge in [-0.3, -0.25) is 4.90 Å². The van der Waals surface area contributed by atoms with Crippen molar-refractivity contribution >= 4 is 23.5 Å². The molecule has 0 radical (unpaired) electrons. The van der Waals surface area contributed by atoms with Gasteiger partial charge in [-0.15, -0.1) is 5.12 Å². The Morgan fingerprint density at radius 3 is 2.40 bits per heavy atom. The Bertz CT molecular complexity index is 1560. The van der Waals surface area contributed by atoms with Gasteiger partial charge in [0, 0.05) is 30.9 Å². The van der Waals surface area contributed by atoms with E-state index in [1.807, 2.05) is 0 Å². The molecular formula is C32H36F3N7O3. The highest BCUT2D eigenvalue weighted by Crippen LogP contribution is 2.30. The average molecular weight is 624 g/mol. The minimum Gasteiger partial charge on any atom is -0.443 e. The van der Waals surface area contributed by atoms with E-state index in [1.54, 1.807) is 56.9 Å². The first kappa shape index (κ1) is 33.2. The summed E-state index contributed by atoms with van der Waals surface area (Å²) in [5.74, 6) is 2.13. The van der Waals surface area contributed by atoms with Gasteiger partial charge in [-0.2, -0.15) is 5.26 Å². The molecule has 0 saturated heterocycles. The number of carbonyl (C=O) groups excluding carboxylic acids is 2. The van der Waals surface area contributed by atoms with Crippen LogP contribution in [0.15, 0.2) is 47.7 Å². The molecule has 2 N–H and O–H groups in total. The van der Waals surface area contributed by atoms with E-state index in [0.29, 0.717) is 48.5 Å². The van der Waals surface area contributed by atoms with E-state index in [4.69, 9.17) is 4.74 Å². The molecule has 45 heavy (non-hydrogen) atoms. The molecule has 2 heterocycles. The maximum Gasteiger partial charge on any atom is 0.415 e. The van der Waals surface area contributed by atoms with E-state index >= 15 is 0 Å². The summed E-state index contributed by atoms with van der Waals surface area (Å²) in [6, 6.07) is 10.0. The number of hydrazine groups is 2. The first-order valence-corrected chi connectivity index (χ1v) is 14.5. The van der Waals surface area contributed by atoms with E-state index < -0.39 is 35.2 Å². The minimum absolute atomic E-state index is 0.0297. The lowest BCUT2D eigenvalue weighted by molar-refractivity contribution is 0.0346. The smallest absolute Gasteiger partial charge is 0.415 e. The second-order valence-electron chi connectivity index (χ2n) is 11.7. The highest BCUT2D eigenvalue weighted by atomic mass is 19.2. The first-order chi connectivity index (χ1) is 21.4. The number of allylic oxidation sites excluding steroid dienone is 1. The number of alkyl carbamates (subject to hydrolysis) is 1. The maximum atomic E-state index is 14.9. The first-order valence-electron chi connectivity index (χ1n) is 14.5. The summed E-state index contributed by atoms with van der Waals surface area (Å²) in [5, 5.41) is 14.3. The largest absolute Gasteiger partial charge is 0.443 e. The fraction of sp³-hybridized carbons (Fsp3) is 0.406. The fourth-order valence-corrected chi connectivity index (χ4v) is 4.85. The summed E-state index contributed by atoms with van der Waals surface area (Å²) in [7, 11) is 0. The van der Waals surface area contributed by atoms with Crippen LogP contribution in [0.1, 0.15) is 52.5 Å². The zero-order chi connectivity index (χ0) is 32.7. The van der Waals surface area contributed by atoms with Crippen molar-refractivity contribution in [3.05, 3.63) is 70.7 Å². The summed E-state index contributed by atoms with van der Waals surface area (Å²) in [5.41, 5.74) is 4.49. The van der Waals surface area contributed by atoms with Gasteiger partial charge in [0.15, 0.2) is 17.5 Å². The van der Waals surface area contributed by atoms with Crippen molar-refractivity contribution in [1.82, 2.24) is 20.3 Å². The van der Waals surface area contributed by atoms with Gasteiger partial charge in [0.2, 0.25) is 0 Å². The van der Waals surface area contributed by atoms with Crippen molar-refractivity contribution in [3.8, 4) is 17.9 Å². The van der Waals surface area contributed by atoms with Crippen molar-refractivity contribution in [2.45, 2.75) is 52.6 Å². The summed E-state index contributed by atoms with van der Waals surface area (Å²) in [6.07, 6.45) is 1.10. The SMILES string of the molecule is CC1=C2C#CCN(Nc3ccc(C#N)cc3)N(C(=O)NC(=O)OC(C)(C)C)CCCCCN(C2)CN1c1ccc(F)c(F)c1F. The maximum absolute atomic E-state index is 14.9. The van der Waals surface area contributed by atoms with Crippen LogP contribution in [0.25, 0.3) is 0 Å². The van der Waals surface area contributed by atoms with Crippen molar-refractivity contribution in [3.63, 3.8) is 0 Å². The zero-order valence-corrected chi connectivity index (χ0v) is 25.7. The Morgan fingerprint density at radius 2 is 1.71 bits per heavy atom. The van der Waals surface area contributed by atoms with E-state index in [2.05, 4.69) is 33.6 Å². The van der Waals surface area contributed by atoms with E-state index in [-0.39, 0.29) is 25.4 Å². The van der Waals surface area contributed by atoms with Crippen LogP contribution in [-0.4, -0.2) is 65.6 Å². The lowest BCUT2D eigenvalue weighted by Crippen LogP contribution is -2.55. The standard InChI is InChI=1S/C32H36F3N7O3/c1-22-24-9-8-18-42(38-25-12-10-23(19-36)11-13-25)41(30(43)37-31(44)45-32(2,3)4)17-7-5-6-16-39(20-24)21-40(22)27-15-14-26(33)28(34)29(27)35/h10-15,38H,5-7,16-18,20-21H2,1-4H3,(H,37,43,44). The Kier molecular flexibility index (Phi) is 10.6. The topological polar surface area (TPSA) is 104 Å². The number of amides is 3. The Labute approximate surface area is 260 Å². The molecule has 0 aliphatic carbocycles. The summed E-state index contributed by atoms with van der Waals surface area (Å²) in [6.45, 7) is 8.35. The third-order valence-electron chi connectivity index (χ3n) is 7.09. The van der Waals surface area contributed by atoms with Gasteiger partial charge in [0.25, 0.3) is 0 Å². The van der Waals surface area contributed by atoms with Crippen molar-refractivity contribution < 1.29 is 27.5 Å². The number of urea groups is 1. The molecule has 2 aliphatic heterocycles. The number of nitrogens with zero attached hydrogens (tertiary/aromatic N) is 5. The Hall–Kier alpha value is -4.72. The molecule has 3 amide bonds. The van der Waals surface area contributed by atoms with Crippen molar-refractivity contribution in [1.29, 1.82) is 5.26 Å². The highest BCUT2D eigenvalue weighted by Gasteiger charge is 2.29. The second kappa shape index (κ2) is 14.4. The van der Waals surface area contributed by atoms with Gasteiger partial charge >= 0.3 is 12.1 Å². The predicted octanol–water partition coefficient (Wildman–Crippen LogP) is 5.71. The number of halogens is 3.